The lowest BCUT2D eigenvalue weighted by Gasteiger charge is -2.10. The quantitative estimate of drug-likeness (QED) is 0.324. The topological polar surface area (TPSA) is 57.8 Å². The van der Waals surface area contributed by atoms with Crippen molar-refractivity contribution in [3.05, 3.63) is 72.7 Å². The average Bonchev–Trinajstić information content (AvgIpc) is 3.31. The molecule has 0 unspecified atom stereocenters. The summed E-state index contributed by atoms with van der Waals surface area (Å²) in [6.45, 7) is 7.62. The van der Waals surface area contributed by atoms with Crippen LogP contribution in [0.1, 0.15) is 18.3 Å². The fourth-order valence-corrected chi connectivity index (χ4v) is 3.51. The first-order valence-corrected chi connectivity index (χ1v) is 10.3. The standard InChI is InChI=1S/C24H23F2N5O/c1-4-6-8-19-16(3)30(15-21(25)26)24(28-19)32-18-12-10-17(11-13-18)22-23-20(9-7-14-27-23)31(5-2)29-22/h4,6-14,21H,1,5,15H2,2-3H3/b8-6-. The molecule has 3 aromatic heterocycles. The number of hydrogen-bond acceptors (Lipinski definition) is 4. The van der Waals surface area contributed by atoms with Crippen molar-refractivity contribution in [3.8, 4) is 23.0 Å². The number of alkyl halides is 2. The van der Waals surface area contributed by atoms with Crippen LogP contribution in [-0.2, 0) is 13.1 Å². The van der Waals surface area contributed by atoms with E-state index in [0.29, 0.717) is 17.1 Å². The number of aryl methyl sites for hydroxylation is 1. The van der Waals surface area contributed by atoms with Crippen LogP contribution in [0.15, 0.2) is 61.3 Å². The van der Waals surface area contributed by atoms with Crippen LogP contribution in [0.4, 0.5) is 8.78 Å². The second-order valence-corrected chi connectivity index (χ2v) is 7.12. The molecule has 0 bridgehead atoms. The Bertz CT molecular complexity index is 1270. The van der Waals surface area contributed by atoms with Crippen molar-refractivity contribution >= 4 is 17.1 Å². The maximum absolute atomic E-state index is 13.1. The summed E-state index contributed by atoms with van der Waals surface area (Å²) in [7, 11) is 0. The second-order valence-electron chi connectivity index (χ2n) is 7.12. The number of nitrogens with zero attached hydrogens (tertiary/aromatic N) is 5. The third-order valence-electron chi connectivity index (χ3n) is 5.08. The first kappa shape index (κ1) is 21.4. The zero-order valence-electron chi connectivity index (χ0n) is 17.9. The lowest BCUT2D eigenvalue weighted by atomic mass is 10.1. The summed E-state index contributed by atoms with van der Waals surface area (Å²) >= 11 is 0. The van der Waals surface area contributed by atoms with Crippen molar-refractivity contribution in [1.29, 1.82) is 0 Å². The van der Waals surface area contributed by atoms with Crippen LogP contribution in [0, 0.1) is 6.92 Å². The molecule has 0 aliphatic heterocycles. The zero-order valence-corrected chi connectivity index (χ0v) is 17.9. The number of rotatable bonds is 8. The first-order chi connectivity index (χ1) is 15.5. The Morgan fingerprint density at radius 1 is 1.19 bits per heavy atom. The van der Waals surface area contributed by atoms with Gasteiger partial charge < -0.3 is 4.74 Å². The van der Waals surface area contributed by atoms with Gasteiger partial charge in [-0.25, -0.2) is 8.78 Å². The number of fused-ring (bicyclic) bond motifs is 1. The highest BCUT2D eigenvalue weighted by molar-refractivity contribution is 5.89. The number of pyridine rings is 1. The smallest absolute Gasteiger partial charge is 0.302 e. The van der Waals surface area contributed by atoms with Gasteiger partial charge in [0.2, 0.25) is 0 Å². The van der Waals surface area contributed by atoms with Crippen LogP contribution >= 0.6 is 0 Å². The molecule has 6 nitrogen and oxygen atoms in total. The third-order valence-corrected chi connectivity index (χ3v) is 5.08. The van der Waals surface area contributed by atoms with Gasteiger partial charge in [-0.2, -0.15) is 10.1 Å². The van der Waals surface area contributed by atoms with E-state index < -0.39 is 13.0 Å². The van der Waals surface area contributed by atoms with Crippen LogP contribution in [-0.4, -0.2) is 30.7 Å². The van der Waals surface area contributed by atoms with Crippen molar-refractivity contribution < 1.29 is 13.5 Å². The van der Waals surface area contributed by atoms with E-state index in [-0.39, 0.29) is 6.01 Å². The van der Waals surface area contributed by atoms with Crippen LogP contribution in [0.25, 0.3) is 28.4 Å². The summed E-state index contributed by atoms with van der Waals surface area (Å²) < 4.78 is 35.4. The van der Waals surface area contributed by atoms with Gasteiger partial charge in [0.05, 0.1) is 17.8 Å². The number of imidazole rings is 1. The van der Waals surface area contributed by atoms with Crippen molar-refractivity contribution in [2.24, 2.45) is 0 Å². The minimum atomic E-state index is -2.53. The van der Waals surface area contributed by atoms with Gasteiger partial charge in [-0.15, -0.1) is 0 Å². The summed E-state index contributed by atoms with van der Waals surface area (Å²) in [5, 5.41) is 4.68. The van der Waals surface area contributed by atoms with Crippen LogP contribution in [0.5, 0.6) is 11.8 Å². The molecule has 32 heavy (non-hydrogen) atoms. The van der Waals surface area contributed by atoms with E-state index in [1.165, 1.54) is 4.57 Å². The maximum Gasteiger partial charge on any atom is 0.302 e. The van der Waals surface area contributed by atoms with E-state index in [1.54, 1.807) is 43.5 Å². The van der Waals surface area contributed by atoms with Crippen molar-refractivity contribution in [3.63, 3.8) is 0 Å². The fourth-order valence-electron chi connectivity index (χ4n) is 3.51. The molecule has 1 aromatic carbocycles. The van der Waals surface area contributed by atoms with E-state index in [2.05, 4.69) is 21.6 Å². The molecule has 0 N–H and O–H groups in total. The Morgan fingerprint density at radius 3 is 2.66 bits per heavy atom. The number of benzene rings is 1. The first-order valence-electron chi connectivity index (χ1n) is 10.3. The Hall–Kier alpha value is -3.81. The largest absolute Gasteiger partial charge is 0.425 e. The van der Waals surface area contributed by atoms with Gasteiger partial charge in [0.1, 0.15) is 17.0 Å². The van der Waals surface area contributed by atoms with Crippen LogP contribution < -0.4 is 4.74 Å². The van der Waals surface area contributed by atoms with Gasteiger partial charge in [0.15, 0.2) is 0 Å². The molecule has 4 aromatic rings. The van der Waals surface area contributed by atoms with Gasteiger partial charge >= 0.3 is 6.01 Å². The summed E-state index contributed by atoms with van der Waals surface area (Å²) in [5.41, 5.74) is 4.60. The van der Waals surface area contributed by atoms with Crippen LogP contribution in [0.2, 0.25) is 0 Å². The van der Waals surface area contributed by atoms with E-state index in [0.717, 1.165) is 28.8 Å². The molecular weight excluding hydrogens is 412 g/mol. The van der Waals surface area contributed by atoms with E-state index in [1.807, 2.05) is 35.9 Å². The SMILES string of the molecule is C=C/C=C\c1nc(Oc2ccc(-c3nn(CC)c4cccnc34)cc2)n(CC(F)F)c1C. The number of ether oxygens (including phenoxy) is 1. The number of allylic oxidation sites excluding steroid dienone is 2. The Kier molecular flexibility index (Phi) is 6.11. The molecule has 0 atom stereocenters. The fraction of sp³-hybridized carbons (Fsp3) is 0.208. The van der Waals surface area contributed by atoms with Crippen molar-refractivity contribution in [2.45, 2.75) is 33.4 Å². The zero-order chi connectivity index (χ0) is 22.7. The molecule has 0 saturated heterocycles. The number of halogens is 2. The Labute approximate surface area is 184 Å². The minimum Gasteiger partial charge on any atom is -0.425 e. The van der Waals surface area contributed by atoms with Gasteiger partial charge in [-0.3, -0.25) is 14.2 Å². The number of aromatic nitrogens is 5. The highest BCUT2D eigenvalue weighted by atomic mass is 19.3. The van der Waals surface area contributed by atoms with E-state index in [9.17, 15) is 8.78 Å². The predicted octanol–water partition coefficient (Wildman–Crippen LogP) is 5.88. The highest BCUT2D eigenvalue weighted by Crippen LogP contribution is 2.30. The average molecular weight is 435 g/mol. The van der Waals surface area contributed by atoms with E-state index in [4.69, 9.17) is 4.74 Å². The highest BCUT2D eigenvalue weighted by Gasteiger charge is 2.18. The monoisotopic (exact) mass is 435 g/mol. The van der Waals surface area contributed by atoms with Gasteiger partial charge in [-0.1, -0.05) is 18.7 Å². The molecule has 3 heterocycles. The van der Waals surface area contributed by atoms with Crippen molar-refractivity contribution in [1.82, 2.24) is 24.3 Å². The molecule has 8 heteroatoms. The molecule has 0 aliphatic carbocycles. The maximum atomic E-state index is 13.1. The third kappa shape index (κ3) is 4.16. The molecule has 0 amide bonds. The molecule has 0 saturated carbocycles. The summed E-state index contributed by atoms with van der Waals surface area (Å²) in [5.74, 6) is 0.487. The summed E-state index contributed by atoms with van der Waals surface area (Å²) in [4.78, 5) is 8.86. The molecule has 0 radical (unpaired) electrons. The predicted molar refractivity (Wildman–Crippen MR) is 121 cm³/mol. The van der Waals surface area contributed by atoms with Crippen LogP contribution in [0.3, 0.4) is 0 Å². The van der Waals surface area contributed by atoms with Crippen molar-refractivity contribution in [2.75, 3.05) is 0 Å². The molecule has 0 spiro atoms. The minimum absolute atomic E-state index is 0.113. The lowest BCUT2D eigenvalue weighted by Crippen LogP contribution is -2.09. The summed E-state index contributed by atoms with van der Waals surface area (Å²) in [6.07, 6.45) is 4.23. The molecule has 164 valence electrons. The van der Waals surface area contributed by atoms with Gasteiger partial charge in [0, 0.05) is 24.0 Å². The lowest BCUT2D eigenvalue weighted by molar-refractivity contribution is 0.122. The normalized spacial score (nSPS) is 11.7. The molecule has 0 fully saturated rings. The van der Waals surface area contributed by atoms with Gasteiger partial charge in [-0.05, 0) is 56.3 Å². The second kappa shape index (κ2) is 9.13. The Balaban J connectivity index is 1.65. The summed E-state index contributed by atoms with van der Waals surface area (Å²) in [6, 6.07) is 11.3. The Morgan fingerprint density at radius 2 is 1.97 bits per heavy atom. The number of hydrogen-bond donors (Lipinski definition) is 0. The molecule has 4 rings (SSSR count). The molecule has 0 aliphatic rings. The molecular formula is C24H23F2N5O. The van der Waals surface area contributed by atoms with E-state index >= 15 is 0 Å². The van der Waals surface area contributed by atoms with Gasteiger partial charge in [0.25, 0.3) is 6.43 Å².